The van der Waals surface area contributed by atoms with Crippen LogP contribution in [-0.2, 0) is 4.74 Å². The number of alkyl halides is 1. The molecule has 60 valence electrons. The Morgan fingerprint density at radius 2 is 1.80 bits per heavy atom. The molecule has 0 amide bonds. The summed E-state index contributed by atoms with van der Waals surface area (Å²) in [6, 6.07) is 0. The molecule has 0 unspecified atom stereocenters. The van der Waals surface area contributed by atoms with Gasteiger partial charge in [-0.15, -0.1) is 0 Å². The predicted octanol–water partition coefficient (Wildman–Crippen LogP) is 2.63. The van der Waals surface area contributed by atoms with Crippen molar-refractivity contribution < 1.29 is 4.74 Å². The summed E-state index contributed by atoms with van der Waals surface area (Å²) in [5.41, 5.74) is 0. The lowest BCUT2D eigenvalue weighted by Crippen LogP contribution is -2.29. The van der Waals surface area contributed by atoms with Crippen LogP contribution in [0.1, 0.15) is 26.7 Å². The van der Waals surface area contributed by atoms with Gasteiger partial charge in [-0.2, -0.15) is 0 Å². The second-order valence-electron chi connectivity index (χ2n) is 3.45. The van der Waals surface area contributed by atoms with E-state index in [9.17, 15) is 0 Å². The average molecular weight is 254 g/mol. The zero-order chi connectivity index (χ0) is 7.61. The van der Waals surface area contributed by atoms with Gasteiger partial charge in [0.25, 0.3) is 0 Å². The van der Waals surface area contributed by atoms with Crippen molar-refractivity contribution in [1.29, 1.82) is 0 Å². The molecule has 1 nitrogen and oxygen atoms in total. The molecule has 2 heteroatoms. The fourth-order valence-electron chi connectivity index (χ4n) is 1.38. The van der Waals surface area contributed by atoms with Crippen molar-refractivity contribution in [2.75, 3.05) is 13.2 Å². The highest BCUT2D eigenvalue weighted by Crippen LogP contribution is 2.34. The first-order valence-corrected chi connectivity index (χ1v) is 4.95. The summed E-state index contributed by atoms with van der Waals surface area (Å²) in [5.74, 6) is 0.863. The summed E-state index contributed by atoms with van der Waals surface area (Å²) < 4.78 is 5.75. The van der Waals surface area contributed by atoms with E-state index in [0.29, 0.717) is 3.42 Å². The Labute approximate surface area is 76.7 Å². The maximum absolute atomic E-state index is 5.29. The Kier molecular flexibility index (Phi) is 2.98. The van der Waals surface area contributed by atoms with Gasteiger partial charge in [0, 0.05) is 16.6 Å². The van der Waals surface area contributed by atoms with Gasteiger partial charge in [0.15, 0.2) is 0 Å². The van der Waals surface area contributed by atoms with Crippen molar-refractivity contribution in [2.24, 2.45) is 5.92 Å². The summed E-state index contributed by atoms with van der Waals surface area (Å²) >= 11 is 2.54. The molecule has 1 heterocycles. The molecule has 10 heavy (non-hydrogen) atoms. The highest BCUT2D eigenvalue weighted by Gasteiger charge is 2.27. The number of hydrogen-bond donors (Lipinski definition) is 0. The van der Waals surface area contributed by atoms with Crippen molar-refractivity contribution in [3.05, 3.63) is 0 Å². The van der Waals surface area contributed by atoms with Gasteiger partial charge in [-0.25, -0.2) is 0 Å². The summed E-state index contributed by atoms with van der Waals surface area (Å²) in [5, 5.41) is 0. The Bertz CT molecular complexity index is 100. The van der Waals surface area contributed by atoms with Crippen LogP contribution in [0.3, 0.4) is 0 Å². The van der Waals surface area contributed by atoms with E-state index in [1.165, 1.54) is 12.8 Å². The number of halogens is 1. The summed E-state index contributed by atoms with van der Waals surface area (Å²) in [6.07, 6.45) is 2.49. The van der Waals surface area contributed by atoms with Crippen LogP contribution in [0.25, 0.3) is 0 Å². The second-order valence-corrected chi connectivity index (χ2v) is 6.23. The maximum Gasteiger partial charge on any atom is 0.0469 e. The first kappa shape index (κ1) is 8.78. The fraction of sp³-hybridized carbons (Fsp3) is 1.00. The molecule has 1 fully saturated rings. The lowest BCUT2D eigenvalue weighted by molar-refractivity contribution is 0.0596. The second kappa shape index (κ2) is 3.39. The topological polar surface area (TPSA) is 9.23 Å². The van der Waals surface area contributed by atoms with E-state index in [1.54, 1.807) is 0 Å². The van der Waals surface area contributed by atoms with Gasteiger partial charge in [0.05, 0.1) is 0 Å². The summed E-state index contributed by atoms with van der Waals surface area (Å²) in [7, 11) is 0. The van der Waals surface area contributed by atoms with Crippen LogP contribution in [0.4, 0.5) is 0 Å². The van der Waals surface area contributed by atoms with Gasteiger partial charge >= 0.3 is 0 Å². The van der Waals surface area contributed by atoms with Crippen LogP contribution in [0, 0.1) is 5.92 Å². The van der Waals surface area contributed by atoms with Gasteiger partial charge in [-0.05, 0) is 18.8 Å². The molecule has 1 rings (SSSR count). The highest BCUT2D eigenvalue weighted by molar-refractivity contribution is 14.1. The number of hydrogen-bond acceptors (Lipinski definition) is 1. The van der Waals surface area contributed by atoms with E-state index in [-0.39, 0.29) is 0 Å². The molecule has 0 aromatic heterocycles. The summed E-state index contributed by atoms with van der Waals surface area (Å²) in [4.78, 5) is 0. The Morgan fingerprint density at radius 3 is 2.10 bits per heavy atom. The third kappa shape index (κ3) is 2.38. The molecule has 0 aliphatic carbocycles. The van der Waals surface area contributed by atoms with E-state index in [2.05, 4.69) is 36.4 Å². The molecule has 0 N–H and O–H groups in total. The molecule has 0 aromatic carbocycles. The molecule has 0 atom stereocenters. The van der Waals surface area contributed by atoms with Gasteiger partial charge < -0.3 is 4.74 Å². The molecule has 1 saturated heterocycles. The molecule has 0 aromatic rings. The highest BCUT2D eigenvalue weighted by atomic mass is 127. The first-order chi connectivity index (χ1) is 4.61. The first-order valence-electron chi connectivity index (χ1n) is 3.87. The zero-order valence-electron chi connectivity index (χ0n) is 6.69. The van der Waals surface area contributed by atoms with E-state index in [1.807, 2.05) is 0 Å². The normalized spacial score (nSPS) is 23.1. The quantitative estimate of drug-likeness (QED) is 0.516. The SMILES string of the molecule is CC(C)(I)C1CCOCC1. The minimum Gasteiger partial charge on any atom is -0.381 e. The fourth-order valence-corrected chi connectivity index (χ4v) is 2.01. The van der Waals surface area contributed by atoms with E-state index in [4.69, 9.17) is 4.74 Å². The lowest BCUT2D eigenvalue weighted by Gasteiger charge is -2.32. The maximum atomic E-state index is 5.29. The molecule has 0 saturated carbocycles. The van der Waals surface area contributed by atoms with E-state index < -0.39 is 0 Å². The van der Waals surface area contributed by atoms with Crippen LogP contribution in [0.2, 0.25) is 0 Å². The Hall–Kier alpha value is 0.690. The molecule has 1 aliphatic heterocycles. The van der Waals surface area contributed by atoms with Crippen LogP contribution in [0.5, 0.6) is 0 Å². The molecule has 0 bridgehead atoms. The van der Waals surface area contributed by atoms with Gasteiger partial charge in [-0.3, -0.25) is 0 Å². The molecular weight excluding hydrogens is 239 g/mol. The monoisotopic (exact) mass is 254 g/mol. The van der Waals surface area contributed by atoms with Crippen molar-refractivity contribution in [3.8, 4) is 0 Å². The number of ether oxygens (including phenoxy) is 1. The summed E-state index contributed by atoms with van der Waals surface area (Å²) in [6.45, 7) is 6.56. The third-order valence-electron chi connectivity index (χ3n) is 2.19. The third-order valence-corrected chi connectivity index (χ3v) is 3.07. The lowest BCUT2D eigenvalue weighted by atomic mass is 9.89. The number of rotatable bonds is 1. The molecular formula is C8H15IO. The van der Waals surface area contributed by atoms with Crippen molar-refractivity contribution in [1.82, 2.24) is 0 Å². The largest absolute Gasteiger partial charge is 0.381 e. The van der Waals surface area contributed by atoms with Gasteiger partial charge in [0.2, 0.25) is 0 Å². The minimum atomic E-state index is 0.460. The van der Waals surface area contributed by atoms with Crippen molar-refractivity contribution in [2.45, 2.75) is 30.1 Å². The predicted molar refractivity (Wildman–Crippen MR) is 51.6 cm³/mol. The average Bonchev–Trinajstić information content (AvgIpc) is 1.88. The van der Waals surface area contributed by atoms with Gasteiger partial charge in [0.1, 0.15) is 0 Å². The minimum absolute atomic E-state index is 0.460. The zero-order valence-corrected chi connectivity index (χ0v) is 8.85. The van der Waals surface area contributed by atoms with E-state index in [0.717, 1.165) is 19.1 Å². The Morgan fingerprint density at radius 1 is 1.30 bits per heavy atom. The van der Waals surface area contributed by atoms with Crippen LogP contribution in [0.15, 0.2) is 0 Å². The standard InChI is InChI=1S/C8H15IO/c1-8(2,9)7-3-5-10-6-4-7/h7H,3-6H2,1-2H3. The molecule has 0 spiro atoms. The van der Waals surface area contributed by atoms with E-state index >= 15 is 0 Å². The van der Waals surface area contributed by atoms with Crippen molar-refractivity contribution >= 4 is 22.6 Å². The Balaban J connectivity index is 2.39. The van der Waals surface area contributed by atoms with Crippen LogP contribution < -0.4 is 0 Å². The van der Waals surface area contributed by atoms with Gasteiger partial charge in [-0.1, -0.05) is 36.4 Å². The van der Waals surface area contributed by atoms with Crippen molar-refractivity contribution in [3.63, 3.8) is 0 Å². The van der Waals surface area contributed by atoms with Crippen LogP contribution in [-0.4, -0.2) is 16.6 Å². The molecule has 0 radical (unpaired) electrons. The smallest absolute Gasteiger partial charge is 0.0469 e. The molecule has 1 aliphatic rings. The van der Waals surface area contributed by atoms with Crippen LogP contribution >= 0.6 is 22.6 Å².